The first-order valence-electron chi connectivity index (χ1n) is 9.36. The zero-order chi connectivity index (χ0) is 19.2. The zero-order valence-corrected chi connectivity index (χ0v) is 15.9. The molecule has 0 spiro atoms. The Hall–Kier alpha value is -2.80. The summed E-state index contributed by atoms with van der Waals surface area (Å²) in [5.41, 5.74) is 3.82. The second kappa shape index (κ2) is 8.73. The van der Waals surface area contributed by atoms with Crippen molar-refractivity contribution in [2.45, 2.75) is 26.4 Å². The van der Waals surface area contributed by atoms with Crippen molar-refractivity contribution in [3.63, 3.8) is 0 Å². The smallest absolute Gasteiger partial charge is 0.292 e. The number of piperazine rings is 1. The summed E-state index contributed by atoms with van der Waals surface area (Å²) < 4.78 is 0. The minimum Gasteiger partial charge on any atom is -0.383 e. The third-order valence-electron chi connectivity index (χ3n) is 4.55. The molecule has 7 heteroatoms. The van der Waals surface area contributed by atoms with Crippen LogP contribution in [-0.2, 0) is 6.54 Å². The van der Waals surface area contributed by atoms with E-state index in [0.29, 0.717) is 18.3 Å². The highest BCUT2D eigenvalue weighted by Gasteiger charge is 2.17. The molecule has 0 unspecified atom stereocenters. The molecule has 1 fully saturated rings. The van der Waals surface area contributed by atoms with Crippen LogP contribution in [0.2, 0.25) is 0 Å². The Morgan fingerprint density at radius 1 is 1.15 bits per heavy atom. The van der Waals surface area contributed by atoms with Crippen LogP contribution >= 0.6 is 0 Å². The van der Waals surface area contributed by atoms with Gasteiger partial charge >= 0.3 is 0 Å². The van der Waals surface area contributed by atoms with Crippen molar-refractivity contribution in [3.8, 4) is 0 Å². The Morgan fingerprint density at radius 2 is 1.85 bits per heavy atom. The van der Waals surface area contributed by atoms with Gasteiger partial charge in [0.2, 0.25) is 0 Å². The van der Waals surface area contributed by atoms with Gasteiger partial charge in [-0.15, -0.1) is 0 Å². The van der Waals surface area contributed by atoms with Crippen LogP contribution < -0.4 is 20.9 Å². The van der Waals surface area contributed by atoms with Crippen LogP contribution in [0.15, 0.2) is 42.5 Å². The van der Waals surface area contributed by atoms with Gasteiger partial charge in [0.15, 0.2) is 0 Å². The highest BCUT2D eigenvalue weighted by atomic mass is 16.6. The van der Waals surface area contributed by atoms with Gasteiger partial charge in [0.25, 0.3) is 5.69 Å². The van der Waals surface area contributed by atoms with E-state index < -0.39 is 0 Å². The van der Waals surface area contributed by atoms with Gasteiger partial charge in [-0.25, -0.2) is 0 Å². The van der Waals surface area contributed by atoms with Crippen LogP contribution in [0, 0.1) is 10.1 Å². The van der Waals surface area contributed by atoms with Crippen LogP contribution in [0.5, 0.6) is 0 Å². The lowest BCUT2D eigenvalue weighted by Gasteiger charge is -2.29. The topological polar surface area (TPSA) is 82.5 Å². The molecule has 0 atom stereocenters. The van der Waals surface area contributed by atoms with Gasteiger partial charge in [-0.05, 0) is 43.7 Å². The molecule has 0 amide bonds. The van der Waals surface area contributed by atoms with E-state index in [1.54, 1.807) is 6.07 Å². The maximum absolute atomic E-state index is 11.4. The number of hydrogen-bond acceptors (Lipinski definition) is 6. The van der Waals surface area contributed by atoms with Gasteiger partial charge in [0.1, 0.15) is 5.69 Å². The minimum atomic E-state index is -0.334. The summed E-state index contributed by atoms with van der Waals surface area (Å²) in [6.45, 7) is 8.39. The lowest BCUT2D eigenvalue weighted by atomic mass is 10.1. The molecule has 0 aliphatic carbocycles. The van der Waals surface area contributed by atoms with E-state index in [2.05, 4.69) is 34.7 Å². The van der Waals surface area contributed by atoms with Crippen molar-refractivity contribution >= 4 is 22.7 Å². The summed E-state index contributed by atoms with van der Waals surface area (Å²) in [5, 5.41) is 21.3. The monoisotopic (exact) mass is 369 g/mol. The molecule has 0 saturated carbocycles. The Balaban J connectivity index is 1.72. The molecular weight excluding hydrogens is 342 g/mol. The fourth-order valence-corrected chi connectivity index (χ4v) is 3.19. The second-order valence-electron chi connectivity index (χ2n) is 7.05. The van der Waals surface area contributed by atoms with E-state index in [4.69, 9.17) is 0 Å². The SMILES string of the molecule is CC(C)Nc1ccc(CNc2cc(N3CCNCC3)ccc2[N+](=O)[O-])cc1. The summed E-state index contributed by atoms with van der Waals surface area (Å²) in [6, 6.07) is 13.8. The summed E-state index contributed by atoms with van der Waals surface area (Å²) in [5.74, 6) is 0. The second-order valence-corrected chi connectivity index (χ2v) is 7.05. The van der Waals surface area contributed by atoms with Gasteiger partial charge in [0.05, 0.1) is 4.92 Å². The number of nitrogens with zero attached hydrogens (tertiary/aromatic N) is 2. The standard InChI is InChI=1S/C20H27N5O2/c1-15(2)23-17-5-3-16(4-6-17)14-22-19-13-18(7-8-20(19)25(26)27)24-11-9-21-10-12-24/h3-8,13,15,21-23H,9-12,14H2,1-2H3. The van der Waals surface area contributed by atoms with Gasteiger partial charge in [0, 0.05) is 56.2 Å². The molecule has 144 valence electrons. The first kappa shape index (κ1) is 19.0. The van der Waals surface area contributed by atoms with Crippen molar-refractivity contribution in [2.24, 2.45) is 0 Å². The first-order valence-corrected chi connectivity index (χ1v) is 9.36. The number of anilines is 3. The molecule has 2 aromatic carbocycles. The molecule has 3 rings (SSSR count). The number of nitro groups is 1. The van der Waals surface area contributed by atoms with Gasteiger partial charge < -0.3 is 20.9 Å². The molecule has 0 bridgehead atoms. The van der Waals surface area contributed by atoms with Crippen molar-refractivity contribution in [1.82, 2.24) is 5.32 Å². The molecule has 1 aliphatic heterocycles. The summed E-state index contributed by atoms with van der Waals surface area (Å²) in [4.78, 5) is 13.3. The van der Waals surface area contributed by atoms with E-state index in [0.717, 1.165) is 43.1 Å². The molecular formula is C20H27N5O2. The van der Waals surface area contributed by atoms with Gasteiger partial charge in [-0.2, -0.15) is 0 Å². The number of benzene rings is 2. The third kappa shape index (κ3) is 5.10. The molecule has 3 N–H and O–H groups in total. The molecule has 0 radical (unpaired) electrons. The highest BCUT2D eigenvalue weighted by molar-refractivity contribution is 5.69. The first-order chi connectivity index (χ1) is 13.0. The van der Waals surface area contributed by atoms with E-state index in [1.807, 2.05) is 36.4 Å². The van der Waals surface area contributed by atoms with Gasteiger partial charge in [-0.3, -0.25) is 10.1 Å². The number of nitrogens with one attached hydrogen (secondary N) is 3. The Bertz CT molecular complexity index is 770. The Morgan fingerprint density at radius 3 is 2.48 bits per heavy atom. The molecule has 27 heavy (non-hydrogen) atoms. The van der Waals surface area contributed by atoms with E-state index >= 15 is 0 Å². The molecule has 1 heterocycles. The van der Waals surface area contributed by atoms with Gasteiger partial charge in [-0.1, -0.05) is 12.1 Å². The average Bonchev–Trinajstić information content (AvgIpc) is 2.67. The summed E-state index contributed by atoms with van der Waals surface area (Å²) in [7, 11) is 0. The molecule has 1 saturated heterocycles. The van der Waals surface area contributed by atoms with Crippen molar-refractivity contribution in [1.29, 1.82) is 0 Å². The number of hydrogen-bond donors (Lipinski definition) is 3. The molecule has 7 nitrogen and oxygen atoms in total. The quantitative estimate of drug-likeness (QED) is 0.512. The number of nitro benzene ring substituents is 1. The average molecular weight is 369 g/mol. The molecule has 1 aliphatic rings. The van der Waals surface area contributed by atoms with Crippen LogP contribution in [-0.4, -0.2) is 37.1 Å². The van der Waals surface area contributed by atoms with Crippen LogP contribution in [0.1, 0.15) is 19.4 Å². The zero-order valence-electron chi connectivity index (χ0n) is 15.9. The van der Waals surface area contributed by atoms with E-state index in [9.17, 15) is 10.1 Å². The predicted octanol–water partition coefficient (Wildman–Crippen LogP) is 3.44. The lowest BCUT2D eigenvalue weighted by Crippen LogP contribution is -2.43. The third-order valence-corrected chi connectivity index (χ3v) is 4.55. The fourth-order valence-electron chi connectivity index (χ4n) is 3.19. The minimum absolute atomic E-state index is 0.104. The summed E-state index contributed by atoms with van der Waals surface area (Å²) >= 11 is 0. The summed E-state index contributed by atoms with van der Waals surface area (Å²) in [6.07, 6.45) is 0. The van der Waals surface area contributed by atoms with Crippen molar-refractivity contribution in [2.75, 3.05) is 41.7 Å². The fraction of sp³-hybridized carbons (Fsp3) is 0.400. The molecule has 0 aromatic heterocycles. The van der Waals surface area contributed by atoms with Crippen LogP contribution in [0.3, 0.4) is 0 Å². The lowest BCUT2D eigenvalue weighted by molar-refractivity contribution is -0.384. The maximum Gasteiger partial charge on any atom is 0.292 e. The highest BCUT2D eigenvalue weighted by Crippen LogP contribution is 2.30. The maximum atomic E-state index is 11.4. The Labute approximate surface area is 159 Å². The van der Waals surface area contributed by atoms with Crippen molar-refractivity contribution < 1.29 is 4.92 Å². The predicted molar refractivity (Wildman–Crippen MR) is 111 cm³/mol. The van der Waals surface area contributed by atoms with Crippen molar-refractivity contribution in [3.05, 3.63) is 58.1 Å². The largest absolute Gasteiger partial charge is 0.383 e. The Kier molecular flexibility index (Phi) is 6.13. The van der Waals surface area contributed by atoms with Crippen LogP contribution in [0.4, 0.5) is 22.7 Å². The normalized spacial score (nSPS) is 14.3. The van der Waals surface area contributed by atoms with E-state index in [1.165, 1.54) is 0 Å². The van der Waals surface area contributed by atoms with E-state index in [-0.39, 0.29) is 10.6 Å². The van der Waals surface area contributed by atoms with Crippen LogP contribution in [0.25, 0.3) is 0 Å². The molecule has 2 aromatic rings. The number of rotatable bonds is 7.